The summed E-state index contributed by atoms with van der Waals surface area (Å²) in [6, 6.07) is 0. The number of carbonyl (C=O) groups excluding carboxylic acids is 1. The van der Waals surface area contributed by atoms with Crippen LogP contribution in [-0.4, -0.2) is 62.4 Å². The van der Waals surface area contributed by atoms with Crippen LogP contribution in [0.2, 0.25) is 0 Å². The molecule has 1 atom stereocenters. The number of hydrogen-bond donors (Lipinski definition) is 2. The first-order valence-electron chi connectivity index (χ1n) is 7.65. The molecule has 3 rings (SSSR count). The van der Waals surface area contributed by atoms with E-state index >= 15 is 0 Å². The molecule has 0 saturated carbocycles. The van der Waals surface area contributed by atoms with E-state index in [2.05, 4.69) is 14.9 Å². The van der Waals surface area contributed by atoms with Gasteiger partial charge in [0, 0.05) is 38.8 Å². The number of aryl methyl sites for hydroxylation is 1. The molecule has 0 bridgehead atoms. The van der Waals surface area contributed by atoms with E-state index in [4.69, 9.17) is 0 Å². The molecule has 1 spiro atoms. The molecule has 1 aromatic rings. The van der Waals surface area contributed by atoms with Crippen molar-refractivity contribution in [2.75, 3.05) is 20.1 Å². The summed E-state index contributed by atoms with van der Waals surface area (Å²) in [5.41, 5.74) is 1.58. The van der Waals surface area contributed by atoms with Gasteiger partial charge in [0.05, 0.1) is 23.5 Å². The van der Waals surface area contributed by atoms with Crippen LogP contribution in [0.4, 0.5) is 0 Å². The van der Waals surface area contributed by atoms with Crippen LogP contribution in [0.5, 0.6) is 0 Å². The first kappa shape index (κ1) is 15.0. The van der Waals surface area contributed by atoms with Gasteiger partial charge in [0.2, 0.25) is 5.91 Å². The third kappa shape index (κ3) is 2.29. The molecule has 2 N–H and O–H groups in total. The summed E-state index contributed by atoms with van der Waals surface area (Å²) in [7, 11) is 1.75. The zero-order valence-corrected chi connectivity index (χ0v) is 13.0. The van der Waals surface area contributed by atoms with Gasteiger partial charge in [-0.2, -0.15) is 0 Å². The second-order valence-electron chi connectivity index (χ2n) is 6.40. The lowest BCUT2D eigenvalue weighted by molar-refractivity contribution is -0.146. The van der Waals surface area contributed by atoms with E-state index in [1.54, 1.807) is 18.3 Å². The Morgan fingerprint density at radius 3 is 2.73 bits per heavy atom. The van der Waals surface area contributed by atoms with Gasteiger partial charge in [-0.25, -0.2) is 4.98 Å². The highest BCUT2D eigenvalue weighted by molar-refractivity contribution is 5.88. The Labute approximate surface area is 129 Å². The second kappa shape index (κ2) is 5.39. The highest BCUT2D eigenvalue weighted by Gasteiger charge is 2.55. The molecule has 2 aliphatic heterocycles. The fourth-order valence-corrected chi connectivity index (χ4v) is 3.84. The summed E-state index contributed by atoms with van der Waals surface area (Å²) in [5, 5.41) is 9.47. The topological polar surface area (TPSA) is 89.5 Å². The molecule has 7 nitrogen and oxygen atoms in total. The van der Waals surface area contributed by atoms with Gasteiger partial charge in [0.25, 0.3) is 0 Å². The van der Waals surface area contributed by atoms with Gasteiger partial charge in [-0.15, -0.1) is 0 Å². The average Bonchev–Trinajstić information content (AvgIpc) is 2.99. The Bertz CT molecular complexity index is 589. The van der Waals surface area contributed by atoms with Gasteiger partial charge in [0.15, 0.2) is 0 Å². The molecule has 0 radical (unpaired) electrons. The van der Waals surface area contributed by atoms with Crippen molar-refractivity contribution < 1.29 is 14.7 Å². The number of H-pyrrole nitrogens is 1. The molecule has 1 amide bonds. The molecule has 2 saturated heterocycles. The number of nitrogens with zero attached hydrogens (tertiary/aromatic N) is 3. The maximum absolute atomic E-state index is 12.0. The number of amides is 1. The van der Waals surface area contributed by atoms with Crippen molar-refractivity contribution in [3.8, 4) is 0 Å². The van der Waals surface area contributed by atoms with Crippen LogP contribution in [-0.2, 0) is 16.1 Å². The number of nitrogens with one attached hydrogen (secondary N) is 1. The van der Waals surface area contributed by atoms with Gasteiger partial charge >= 0.3 is 5.97 Å². The Morgan fingerprint density at radius 2 is 2.18 bits per heavy atom. The van der Waals surface area contributed by atoms with E-state index in [9.17, 15) is 14.7 Å². The number of carboxylic acids is 1. The van der Waals surface area contributed by atoms with Crippen LogP contribution < -0.4 is 0 Å². The van der Waals surface area contributed by atoms with Crippen molar-refractivity contribution in [1.82, 2.24) is 19.8 Å². The number of likely N-dealkylation sites (tertiary alicyclic amines) is 2. The lowest BCUT2D eigenvalue weighted by atomic mass is 9.77. The smallest absolute Gasteiger partial charge is 0.309 e. The van der Waals surface area contributed by atoms with Crippen molar-refractivity contribution in [3.63, 3.8) is 0 Å². The quantitative estimate of drug-likeness (QED) is 0.854. The number of imidazole rings is 1. The van der Waals surface area contributed by atoms with Crippen LogP contribution in [0, 0.1) is 12.8 Å². The predicted molar refractivity (Wildman–Crippen MR) is 79.1 cm³/mol. The molecule has 0 aromatic carbocycles. The van der Waals surface area contributed by atoms with E-state index < -0.39 is 17.4 Å². The van der Waals surface area contributed by atoms with Gasteiger partial charge in [-0.1, -0.05) is 0 Å². The number of aliphatic carboxylic acids is 1. The summed E-state index contributed by atoms with van der Waals surface area (Å²) in [6.45, 7) is 4.33. The van der Waals surface area contributed by atoms with Gasteiger partial charge < -0.3 is 15.0 Å². The number of carboxylic acid groups (broad SMARTS) is 1. The normalized spacial score (nSPS) is 25.1. The fraction of sp³-hybridized carbons (Fsp3) is 0.667. The molecule has 120 valence electrons. The fourth-order valence-electron chi connectivity index (χ4n) is 3.84. The number of piperidine rings is 1. The van der Waals surface area contributed by atoms with Crippen LogP contribution in [0.1, 0.15) is 30.7 Å². The zero-order chi connectivity index (χ0) is 15.9. The van der Waals surface area contributed by atoms with Crippen LogP contribution >= 0.6 is 0 Å². The molecule has 1 aromatic heterocycles. The van der Waals surface area contributed by atoms with E-state index in [0.717, 1.165) is 31.0 Å². The maximum atomic E-state index is 12.0. The zero-order valence-electron chi connectivity index (χ0n) is 13.0. The lowest BCUT2D eigenvalue weighted by Crippen LogP contribution is -2.55. The van der Waals surface area contributed by atoms with Gasteiger partial charge in [-0.3, -0.25) is 14.5 Å². The minimum absolute atomic E-state index is 0.0519. The molecule has 3 heterocycles. The highest BCUT2D eigenvalue weighted by atomic mass is 16.4. The molecule has 0 unspecified atom stereocenters. The van der Waals surface area contributed by atoms with Crippen molar-refractivity contribution in [2.24, 2.45) is 5.92 Å². The van der Waals surface area contributed by atoms with E-state index in [1.807, 2.05) is 6.92 Å². The van der Waals surface area contributed by atoms with Crippen molar-refractivity contribution in [1.29, 1.82) is 0 Å². The van der Waals surface area contributed by atoms with E-state index in [0.29, 0.717) is 12.8 Å². The molecular formula is C15H22N4O3. The molecule has 7 heteroatoms. The number of aromatic nitrogens is 2. The molecule has 2 fully saturated rings. The minimum atomic E-state index is -0.853. The molecule has 22 heavy (non-hydrogen) atoms. The third-order valence-electron chi connectivity index (χ3n) is 5.40. The highest BCUT2D eigenvalue weighted by Crippen LogP contribution is 2.42. The number of carbonyl (C=O) groups is 2. The van der Waals surface area contributed by atoms with E-state index in [-0.39, 0.29) is 12.3 Å². The summed E-state index contributed by atoms with van der Waals surface area (Å²) in [4.78, 5) is 34.9. The predicted octanol–water partition coefficient (Wildman–Crippen LogP) is 0.616. The standard InChI is InChI=1S/C15H22N4O3/c1-10-12(17-9-16-10)8-19-5-3-15(4-6-19)11(14(21)22)7-13(20)18(15)2/h9,11H,3-8H2,1-2H3,(H,16,17)(H,21,22)/t11-/m1/s1. The van der Waals surface area contributed by atoms with Crippen LogP contribution in [0.15, 0.2) is 6.33 Å². The van der Waals surface area contributed by atoms with Crippen molar-refractivity contribution in [2.45, 2.75) is 38.3 Å². The SMILES string of the molecule is Cc1[nH]cnc1CN1CCC2(CC1)[C@@H](C(=O)O)CC(=O)N2C. The molecule has 2 aliphatic rings. The van der Waals surface area contributed by atoms with Gasteiger partial charge in [-0.05, 0) is 19.8 Å². The first-order valence-corrected chi connectivity index (χ1v) is 7.65. The van der Waals surface area contributed by atoms with Crippen molar-refractivity contribution >= 4 is 11.9 Å². The molecular weight excluding hydrogens is 284 g/mol. The summed E-state index contributed by atoms with van der Waals surface area (Å²) < 4.78 is 0. The third-order valence-corrected chi connectivity index (χ3v) is 5.40. The van der Waals surface area contributed by atoms with E-state index in [1.165, 1.54) is 0 Å². The largest absolute Gasteiger partial charge is 0.481 e. The summed E-state index contributed by atoms with van der Waals surface area (Å²) >= 11 is 0. The first-order chi connectivity index (χ1) is 10.4. The van der Waals surface area contributed by atoms with Crippen molar-refractivity contribution in [3.05, 3.63) is 17.7 Å². The monoisotopic (exact) mass is 306 g/mol. The lowest BCUT2D eigenvalue weighted by Gasteiger charge is -2.45. The molecule has 0 aliphatic carbocycles. The minimum Gasteiger partial charge on any atom is -0.481 e. The number of hydrogen-bond acceptors (Lipinski definition) is 4. The number of aromatic amines is 1. The average molecular weight is 306 g/mol. The van der Waals surface area contributed by atoms with Gasteiger partial charge in [0.1, 0.15) is 0 Å². The Balaban J connectivity index is 1.71. The maximum Gasteiger partial charge on any atom is 0.309 e. The van der Waals surface area contributed by atoms with Crippen LogP contribution in [0.3, 0.4) is 0 Å². The second-order valence-corrected chi connectivity index (χ2v) is 6.40. The Hall–Kier alpha value is -1.89. The van der Waals surface area contributed by atoms with Crippen LogP contribution in [0.25, 0.3) is 0 Å². The Kier molecular flexibility index (Phi) is 3.68. The number of rotatable bonds is 3. The Morgan fingerprint density at radius 1 is 1.50 bits per heavy atom. The summed E-state index contributed by atoms with van der Waals surface area (Å²) in [6.07, 6.45) is 3.23. The summed E-state index contributed by atoms with van der Waals surface area (Å²) in [5.74, 6) is -1.49.